The van der Waals surface area contributed by atoms with Gasteiger partial charge in [-0.1, -0.05) is 0 Å². The Morgan fingerprint density at radius 3 is 2.75 bits per heavy atom. The molecule has 10 heteroatoms. The molecule has 9 nitrogen and oxygen atoms in total. The molecule has 5 heterocycles. The van der Waals surface area contributed by atoms with Crippen LogP contribution in [0.4, 0.5) is 5.69 Å². The van der Waals surface area contributed by atoms with Crippen molar-refractivity contribution in [2.45, 2.75) is 44.7 Å². The highest BCUT2D eigenvalue weighted by atomic mass is 32.2. The van der Waals surface area contributed by atoms with Gasteiger partial charge in [0.05, 0.1) is 23.3 Å². The van der Waals surface area contributed by atoms with E-state index in [1.165, 1.54) is 6.26 Å². The van der Waals surface area contributed by atoms with Crippen molar-refractivity contribution in [3.05, 3.63) is 47.3 Å². The topological polar surface area (TPSA) is 119 Å². The molecule has 5 rings (SSSR count). The van der Waals surface area contributed by atoms with Gasteiger partial charge in [-0.3, -0.25) is 0 Å². The lowest BCUT2D eigenvalue weighted by molar-refractivity contribution is 0.317. The van der Waals surface area contributed by atoms with E-state index in [4.69, 9.17) is 0 Å². The standard InChI is InChI=1S/C22H25N7O2S/c1-14-9-19-18(12-29(14)20-10-16(11-23)27-22-17(20)3-6-24-22)21(26-13-25-19)15-4-7-28(8-5-15)32(2,30)31/h3,6,10,13-15H,4-5,7-9,12H2,1-2H3,(H,24,27)/t14-/m1/s1. The number of pyridine rings is 1. The van der Waals surface area contributed by atoms with Gasteiger partial charge < -0.3 is 9.88 Å². The third-order valence-electron chi connectivity index (χ3n) is 6.66. The Hall–Kier alpha value is -3.03. The first-order valence-electron chi connectivity index (χ1n) is 10.8. The Bertz CT molecular complexity index is 1320. The number of rotatable bonds is 3. The Labute approximate surface area is 187 Å². The van der Waals surface area contributed by atoms with E-state index >= 15 is 0 Å². The van der Waals surface area contributed by atoms with Gasteiger partial charge in [0.15, 0.2) is 0 Å². The first-order valence-corrected chi connectivity index (χ1v) is 12.6. The van der Waals surface area contributed by atoms with Crippen LogP contribution in [0.15, 0.2) is 24.7 Å². The van der Waals surface area contributed by atoms with Crippen LogP contribution in [-0.2, 0) is 23.0 Å². The number of aromatic amines is 1. The number of nitriles is 1. The smallest absolute Gasteiger partial charge is 0.211 e. The van der Waals surface area contributed by atoms with Crippen molar-refractivity contribution in [3.63, 3.8) is 0 Å². The summed E-state index contributed by atoms with van der Waals surface area (Å²) in [4.78, 5) is 19.0. The maximum Gasteiger partial charge on any atom is 0.211 e. The van der Waals surface area contributed by atoms with Crippen LogP contribution in [-0.4, -0.2) is 58.0 Å². The average molecular weight is 452 g/mol. The van der Waals surface area contributed by atoms with Crippen LogP contribution in [0.5, 0.6) is 0 Å². The summed E-state index contributed by atoms with van der Waals surface area (Å²) < 4.78 is 25.3. The van der Waals surface area contributed by atoms with E-state index in [0.717, 1.165) is 47.3 Å². The molecule has 0 aliphatic carbocycles. The molecule has 0 radical (unpaired) electrons. The molecule has 1 N–H and O–H groups in total. The Kier molecular flexibility index (Phi) is 5.10. The van der Waals surface area contributed by atoms with E-state index in [0.29, 0.717) is 31.0 Å². The van der Waals surface area contributed by atoms with Crippen molar-refractivity contribution in [3.8, 4) is 6.07 Å². The monoisotopic (exact) mass is 451 g/mol. The molecule has 0 amide bonds. The van der Waals surface area contributed by atoms with E-state index in [9.17, 15) is 13.7 Å². The van der Waals surface area contributed by atoms with Crippen LogP contribution in [0.1, 0.15) is 48.3 Å². The highest BCUT2D eigenvalue weighted by Gasteiger charge is 2.33. The molecular formula is C22H25N7O2S. The summed E-state index contributed by atoms with van der Waals surface area (Å²) in [7, 11) is -3.17. The van der Waals surface area contributed by atoms with Crippen molar-refractivity contribution < 1.29 is 8.42 Å². The van der Waals surface area contributed by atoms with Crippen molar-refractivity contribution in [2.24, 2.45) is 0 Å². The fourth-order valence-corrected chi connectivity index (χ4v) is 5.85. The molecule has 1 fully saturated rings. The van der Waals surface area contributed by atoms with Crippen molar-refractivity contribution in [1.29, 1.82) is 5.26 Å². The number of aromatic nitrogens is 4. The largest absolute Gasteiger partial charge is 0.363 e. The van der Waals surface area contributed by atoms with Gasteiger partial charge in [0, 0.05) is 55.2 Å². The minimum absolute atomic E-state index is 0.198. The Morgan fingerprint density at radius 2 is 2.03 bits per heavy atom. The summed E-state index contributed by atoms with van der Waals surface area (Å²) in [6.45, 7) is 3.85. The molecule has 0 saturated carbocycles. The van der Waals surface area contributed by atoms with Gasteiger partial charge in [-0.25, -0.2) is 27.7 Å². The van der Waals surface area contributed by atoms with Crippen LogP contribution in [0.2, 0.25) is 0 Å². The van der Waals surface area contributed by atoms with Gasteiger partial charge in [0.2, 0.25) is 10.0 Å². The second-order valence-electron chi connectivity index (χ2n) is 8.68. The van der Waals surface area contributed by atoms with E-state index in [-0.39, 0.29) is 12.0 Å². The molecule has 1 atom stereocenters. The highest BCUT2D eigenvalue weighted by molar-refractivity contribution is 7.88. The zero-order valence-electron chi connectivity index (χ0n) is 18.1. The minimum Gasteiger partial charge on any atom is -0.363 e. The number of fused-ring (bicyclic) bond motifs is 2. The molecule has 3 aromatic heterocycles. The Morgan fingerprint density at radius 1 is 1.25 bits per heavy atom. The van der Waals surface area contributed by atoms with Crippen LogP contribution < -0.4 is 4.90 Å². The number of nitrogens with one attached hydrogen (secondary N) is 1. The van der Waals surface area contributed by atoms with Gasteiger partial charge in [0.25, 0.3) is 0 Å². The molecule has 3 aromatic rings. The molecule has 0 spiro atoms. The molecule has 0 unspecified atom stereocenters. The summed E-state index contributed by atoms with van der Waals surface area (Å²) in [5, 5.41) is 10.4. The zero-order valence-corrected chi connectivity index (χ0v) is 18.9. The van der Waals surface area contributed by atoms with E-state index in [1.54, 1.807) is 10.6 Å². The van der Waals surface area contributed by atoms with E-state index < -0.39 is 10.0 Å². The maximum atomic E-state index is 11.9. The van der Waals surface area contributed by atoms with Crippen LogP contribution in [0.3, 0.4) is 0 Å². The van der Waals surface area contributed by atoms with Crippen molar-refractivity contribution in [1.82, 2.24) is 24.2 Å². The highest BCUT2D eigenvalue weighted by Crippen LogP contribution is 2.37. The lowest BCUT2D eigenvalue weighted by Crippen LogP contribution is -2.41. The third kappa shape index (κ3) is 3.61. The first-order chi connectivity index (χ1) is 15.3. The number of H-pyrrole nitrogens is 1. The molecule has 1 saturated heterocycles. The molecule has 0 aromatic carbocycles. The second-order valence-corrected chi connectivity index (χ2v) is 10.7. The van der Waals surface area contributed by atoms with Gasteiger partial charge in [-0.05, 0) is 31.9 Å². The predicted molar refractivity (Wildman–Crippen MR) is 121 cm³/mol. The summed E-state index contributed by atoms with van der Waals surface area (Å²) in [5.74, 6) is 0.208. The Balaban J connectivity index is 1.50. The molecule has 0 bridgehead atoms. The first kappa shape index (κ1) is 20.8. The third-order valence-corrected chi connectivity index (χ3v) is 7.96. The maximum absolute atomic E-state index is 11.9. The molecule has 2 aliphatic rings. The number of hydrogen-bond donors (Lipinski definition) is 1. The summed E-state index contributed by atoms with van der Waals surface area (Å²) in [6, 6.07) is 6.21. The van der Waals surface area contributed by atoms with E-state index in [1.807, 2.05) is 18.3 Å². The van der Waals surface area contributed by atoms with Crippen LogP contribution in [0.25, 0.3) is 11.0 Å². The van der Waals surface area contributed by atoms with E-state index in [2.05, 4.69) is 37.8 Å². The predicted octanol–water partition coefficient (Wildman–Crippen LogP) is 2.31. The lowest BCUT2D eigenvalue weighted by Gasteiger charge is -2.38. The normalized spacial score (nSPS) is 20.3. The van der Waals surface area contributed by atoms with Crippen LogP contribution in [0, 0.1) is 11.3 Å². The number of nitrogens with zero attached hydrogens (tertiary/aromatic N) is 6. The quantitative estimate of drug-likeness (QED) is 0.649. The van der Waals surface area contributed by atoms with Crippen LogP contribution >= 0.6 is 0 Å². The average Bonchev–Trinajstić information content (AvgIpc) is 3.26. The minimum atomic E-state index is -3.17. The SMILES string of the molecule is C[C@@H]1Cc2ncnc(C3CCN(S(C)(=O)=O)CC3)c2CN1c1cc(C#N)nc2[nH]ccc12. The van der Waals surface area contributed by atoms with Crippen molar-refractivity contribution in [2.75, 3.05) is 24.2 Å². The number of hydrogen-bond acceptors (Lipinski definition) is 7. The summed E-state index contributed by atoms with van der Waals surface area (Å²) in [5.41, 5.74) is 5.28. The molecular weight excluding hydrogens is 426 g/mol. The van der Waals surface area contributed by atoms with Gasteiger partial charge in [0.1, 0.15) is 23.7 Å². The summed E-state index contributed by atoms with van der Waals surface area (Å²) >= 11 is 0. The lowest BCUT2D eigenvalue weighted by atomic mass is 9.87. The second kappa shape index (κ2) is 7.83. The zero-order chi connectivity index (χ0) is 22.5. The molecule has 32 heavy (non-hydrogen) atoms. The fourth-order valence-electron chi connectivity index (χ4n) is 4.98. The number of sulfonamides is 1. The van der Waals surface area contributed by atoms with Gasteiger partial charge in [-0.15, -0.1) is 0 Å². The van der Waals surface area contributed by atoms with Gasteiger partial charge >= 0.3 is 0 Å². The molecule has 2 aliphatic heterocycles. The van der Waals surface area contributed by atoms with Gasteiger partial charge in [-0.2, -0.15) is 5.26 Å². The fraction of sp³-hybridized carbons (Fsp3) is 0.455. The van der Waals surface area contributed by atoms with Crippen molar-refractivity contribution >= 4 is 26.7 Å². The summed E-state index contributed by atoms with van der Waals surface area (Å²) in [6.07, 6.45) is 7.04. The number of anilines is 1. The molecule has 166 valence electrons. The number of piperidine rings is 1.